The molecule has 0 spiro atoms. The van der Waals surface area contributed by atoms with Crippen molar-refractivity contribution in [1.82, 2.24) is 0 Å². The van der Waals surface area contributed by atoms with E-state index in [9.17, 15) is 19.8 Å². The third kappa shape index (κ3) is 4.66. The van der Waals surface area contributed by atoms with E-state index in [2.05, 4.69) is 20.8 Å². The Labute approximate surface area is 205 Å². The molecule has 4 aliphatic carbocycles. The Morgan fingerprint density at radius 3 is 2.38 bits per heavy atom. The Kier molecular flexibility index (Phi) is 7.69. The Hall–Kier alpha value is -1.14. The molecule has 2 N–H and O–H groups in total. The highest BCUT2D eigenvalue weighted by Gasteiger charge is 2.62. The van der Waals surface area contributed by atoms with Gasteiger partial charge in [0.2, 0.25) is 0 Å². The molecule has 0 bridgehead atoms. The molecule has 0 heterocycles. The second kappa shape index (κ2) is 10.1. The second-order valence-corrected chi connectivity index (χ2v) is 12.4. The van der Waals surface area contributed by atoms with Gasteiger partial charge in [0.1, 0.15) is 0 Å². The standard InChI is InChI=1S/C28H46O6/c1-5-33-25(32)16-34-24(31)9-6-17(2)20-7-8-21-26-22(11-13-28(20,21)4)27(3)12-10-19(29)14-18(27)15-23(26)30/h17-23,26,29-30H,5-16H2,1-4H3/t17-,18?,19+,20-,21+,22+,23+,26+,27+,28-/m1/s1. The SMILES string of the molecule is CCOC(=O)COC(=O)CC[C@@H](C)[C@H]1CC[C@H]2[C@@H]3[C@@H](O)CC4C[C@@H](O)CC[C@]4(C)[C@H]3CC[C@]12C. The minimum absolute atomic E-state index is 0.198. The van der Waals surface area contributed by atoms with Crippen molar-refractivity contribution in [2.75, 3.05) is 13.2 Å². The molecule has 0 aromatic carbocycles. The van der Waals surface area contributed by atoms with Crippen LogP contribution in [0.25, 0.3) is 0 Å². The fourth-order valence-electron chi connectivity index (χ4n) is 9.14. The highest BCUT2D eigenvalue weighted by atomic mass is 16.6. The Bertz CT molecular complexity index is 753. The minimum atomic E-state index is -0.499. The third-order valence-corrected chi connectivity index (χ3v) is 10.9. The van der Waals surface area contributed by atoms with Crippen LogP contribution in [0.3, 0.4) is 0 Å². The number of hydrogen-bond donors (Lipinski definition) is 2. The molecule has 10 atom stereocenters. The summed E-state index contributed by atoms with van der Waals surface area (Å²) in [5.74, 6) is 2.01. The quantitative estimate of drug-likeness (QED) is 0.524. The van der Waals surface area contributed by atoms with E-state index in [-0.39, 0.29) is 42.2 Å². The lowest BCUT2D eigenvalue weighted by Gasteiger charge is -2.62. The topological polar surface area (TPSA) is 93.1 Å². The van der Waals surface area contributed by atoms with Gasteiger partial charge in [-0.15, -0.1) is 0 Å². The molecule has 4 aliphatic rings. The van der Waals surface area contributed by atoms with Crippen LogP contribution in [-0.2, 0) is 19.1 Å². The van der Waals surface area contributed by atoms with Crippen LogP contribution in [0.2, 0.25) is 0 Å². The van der Waals surface area contributed by atoms with E-state index in [1.807, 2.05) is 0 Å². The molecule has 6 heteroatoms. The van der Waals surface area contributed by atoms with E-state index in [1.165, 1.54) is 19.3 Å². The molecule has 1 unspecified atom stereocenters. The lowest BCUT2D eigenvalue weighted by molar-refractivity contribution is -0.174. The van der Waals surface area contributed by atoms with Crippen LogP contribution < -0.4 is 0 Å². The first kappa shape index (κ1) is 25.9. The van der Waals surface area contributed by atoms with Crippen LogP contribution >= 0.6 is 0 Å². The molecule has 4 fully saturated rings. The summed E-state index contributed by atoms with van der Waals surface area (Å²) in [5, 5.41) is 21.6. The molecule has 0 aliphatic heterocycles. The molecule has 194 valence electrons. The van der Waals surface area contributed by atoms with E-state index in [0.717, 1.165) is 38.5 Å². The molecule has 0 aromatic heterocycles. The highest BCUT2D eigenvalue weighted by Crippen LogP contribution is 2.68. The van der Waals surface area contributed by atoms with Crippen molar-refractivity contribution in [1.29, 1.82) is 0 Å². The average Bonchev–Trinajstić information content (AvgIpc) is 3.14. The number of aliphatic hydroxyl groups is 2. The Balaban J connectivity index is 1.38. The Morgan fingerprint density at radius 1 is 0.941 bits per heavy atom. The molecular weight excluding hydrogens is 432 g/mol. The van der Waals surface area contributed by atoms with Gasteiger partial charge in [0.15, 0.2) is 6.61 Å². The summed E-state index contributed by atoms with van der Waals surface area (Å²) in [4.78, 5) is 23.6. The van der Waals surface area contributed by atoms with E-state index < -0.39 is 5.97 Å². The van der Waals surface area contributed by atoms with Crippen LogP contribution in [0.15, 0.2) is 0 Å². The molecule has 0 aromatic rings. The van der Waals surface area contributed by atoms with Gasteiger partial charge in [-0.25, -0.2) is 4.79 Å². The summed E-state index contributed by atoms with van der Waals surface area (Å²) in [7, 11) is 0. The van der Waals surface area contributed by atoms with Crippen molar-refractivity contribution in [3.05, 3.63) is 0 Å². The predicted molar refractivity (Wildman–Crippen MR) is 129 cm³/mol. The number of hydrogen-bond acceptors (Lipinski definition) is 6. The van der Waals surface area contributed by atoms with Crippen molar-refractivity contribution in [2.24, 2.45) is 46.3 Å². The normalized spacial score (nSPS) is 44.4. The maximum atomic E-state index is 12.2. The van der Waals surface area contributed by atoms with Crippen molar-refractivity contribution in [3.8, 4) is 0 Å². The molecular formula is C28H46O6. The highest BCUT2D eigenvalue weighted by molar-refractivity contribution is 5.76. The predicted octanol–water partition coefficient (Wildman–Crippen LogP) is 4.50. The van der Waals surface area contributed by atoms with Gasteiger partial charge in [0.05, 0.1) is 18.8 Å². The maximum absolute atomic E-state index is 12.2. The zero-order valence-corrected chi connectivity index (χ0v) is 21.6. The van der Waals surface area contributed by atoms with Crippen LogP contribution in [0.5, 0.6) is 0 Å². The third-order valence-electron chi connectivity index (χ3n) is 10.9. The number of fused-ring (bicyclic) bond motifs is 5. The van der Waals surface area contributed by atoms with E-state index in [1.54, 1.807) is 6.92 Å². The smallest absolute Gasteiger partial charge is 0.344 e. The zero-order valence-electron chi connectivity index (χ0n) is 21.6. The second-order valence-electron chi connectivity index (χ2n) is 12.4. The van der Waals surface area contributed by atoms with Crippen LogP contribution in [0.1, 0.15) is 91.9 Å². The van der Waals surface area contributed by atoms with Crippen LogP contribution in [-0.4, -0.2) is 47.6 Å². The Morgan fingerprint density at radius 2 is 1.65 bits per heavy atom. The van der Waals surface area contributed by atoms with Crippen molar-refractivity contribution in [2.45, 2.75) is 104 Å². The first-order chi connectivity index (χ1) is 16.1. The zero-order chi connectivity index (χ0) is 24.7. The van der Waals surface area contributed by atoms with Gasteiger partial charge >= 0.3 is 11.9 Å². The molecule has 4 saturated carbocycles. The number of esters is 2. The number of rotatable bonds is 7. The summed E-state index contributed by atoms with van der Waals surface area (Å²) >= 11 is 0. The van der Waals surface area contributed by atoms with Crippen molar-refractivity contribution < 1.29 is 29.3 Å². The van der Waals surface area contributed by atoms with Crippen molar-refractivity contribution in [3.63, 3.8) is 0 Å². The fourth-order valence-corrected chi connectivity index (χ4v) is 9.14. The molecule has 6 nitrogen and oxygen atoms in total. The summed E-state index contributed by atoms with van der Waals surface area (Å²) in [6, 6.07) is 0. The van der Waals surface area contributed by atoms with Gasteiger partial charge in [0, 0.05) is 6.42 Å². The maximum Gasteiger partial charge on any atom is 0.344 e. The van der Waals surface area contributed by atoms with Gasteiger partial charge < -0.3 is 19.7 Å². The van der Waals surface area contributed by atoms with Gasteiger partial charge in [-0.3, -0.25) is 4.79 Å². The molecule has 34 heavy (non-hydrogen) atoms. The number of ether oxygens (including phenoxy) is 2. The minimum Gasteiger partial charge on any atom is -0.463 e. The first-order valence-electron chi connectivity index (χ1n) is 13.8. The van der Waals surface area contributed by atoms with E-state index >= 15 is 0 Å². The van der Waals surface area contributed by atoms with E-state index in [0.29, 0.717) is 41.9 Å². The molecule has 0 saturated heterocycles. The van der Waals surface area contributed by atoms with Gasteiger partial charge in [-0.05, 0) is 111 Å². The average molecular weight is 479 g/mol. The van der Waals surface area contributed by atoms with Crippen molar-refractivity contribution >= 4 is 11.9 Å². The van der Waals surface area contributed by atoms with Crippen LogP contribution in [0, 0.1) is 46.3 Å². The monoisotopic (exact) mass is 478 g/mol. The summed E-state index contributed by atoms with van der Waals surface area (Å²) < 4.78 is 9.91. The lowest BCUT2D eigenvalue weighted by Crippen LogP contribution is -2.58. The number of aliphatic hydroxyl groups excluding tert-OH is 2. The van der Waals surface area contributed by atoms with E-state index in [4.69, 9.17) is 9.47 Å². The first-order valence-corrected chi connectivity index (χ1v) is 13.8. The summed E-state index contributed by atoms with van der Waals surface area (Å²) in [5.41, 5.74) is 0.449. The van der Waals surface area contributed by atoms with Gasteiger partial charge in [-0.2, -0.15) is 0 Å². The van der Waals surface area contributed by atoms with Gasteiger partial charge in [0.25, 0.3) is 0 Å². The largest absolute Gasteiger partial charge is 0.463 e. The van der Waals surface area contributed by atoms with Crippen LogP contribution in [0.4, 0.5) is 0 Å². The summed E-state index contributed by atoms with van der Waals surface area (Å²) in [6.45, 7) is 8.88. The number of carbonyl (C=O) groups is 2. The molecule has 0 radical (unpaired) electrons. The number of carbonyl (C=O) groups excluding carboxylic acids is 2. The fraction of sp³-hybridized carbons (Fsp3) is 0.929. The molecule has 4 rings (SSSR count). The van der Waals surface area contributed by atoms with Gasteiger partial charge in [-0.1, -0.05) is 20.8 Å². The molecule has 0 amide bonds. The summed E-state index contributed by atoms with van der Waals surface area (Å²) in [6.07, 6.45) is 9.01. The lowest BCUT2D eigenvalue weighted by atomic mass is 9.43.